The van der Waals surface area contributed by atoms with E-state index >= 15 is 0 Å². The van der Waals surface area contributed by atoms with Crippen LogP contribution in [0.5, 0.6) is 0 Å². The van der Waals surface area contributed by atoms with Gasteiger partial charge in [0.1, 0.15) is 11.6 Å². The highest BCUT2D eigenvalue weighted by molar-refractivity contribution is 5.40. The van der Waals surface area contributed by atoms with E-state index in [1.54, 1.807) is 5.92 Å². The van der Waals surface area contributed by atoms with Gasteiger partial charge in [-0.05, 0) is 79.9 Å². The third-order valence-corrected chi connectivity index (χ3v) is 6.92. The summed E-state index contributed by atoms with van der Waals surface area (Å²) in [7, 11) is 0. The number of alkyl halides is 3. The second-order valence-corrected chi connectivity index (χ2v) is 9.35. The first-order valence-electron chi connectivity index (χ1n) is 11.5. The van der Waals surface area contributed by atoms with Crippen molar-refractivity contribution < 1.29 is 22.0 Å². The fourth-order valence-corrected chi connectivity index (χ4v) is 4.96. The molecule has 2 aliphatic carbocycles. The lowest BCUT2D eigenvalue weighted by molar-refractivity contribution is -0.0696. The maximum atomic E-state index is 14.2. The molecule has 2 fully saturated rings. The van der Waals surface area contributed by atoms with E-state index in [2.05, 4.69) is 19.1 Å². The number of rotatable bonds is 5. The van der Waals surface area contributed by atoms with Crippen LogP contribution in [-0.4, -0.2) is 6.18 Å². The first kappa shape index (κ1) is 23.8. The number of halogens is 5. The molecule has 0 saturated heterocycles. The summed E-state index contributed by atoms with van der Waals surface area (Å²) in [6, 6.07) is 2.30. The lowest BCUT2D eigenvalue weighted by Gasteiger charge is -2.27. The second-order valence-electron chi connectivity index (χ2n) is 9.35. The molecule has 5 heteroatoms. The highest BCUT2D eigenvalue weighted by Gasteiger charge is 2.25. The molecule has 3 rings (SSSR count). The average Bonchev–Trinajstić information content (AvgIpc) is 2.71. The van der Waals surface area contributed by atoms with E-state index in [1.165, 1.54) is 32.1 Å². The Balaban J connectivity index is 1.48. The van der Waals surface area contributed by atoms with Crippen molar-refractivity contribution in [3.8, 4) is 11.8 Å². The lowest BCUT2D eigenvalue weighted by atomic mass is 9.78. The summed E-state index contributed by atoms with van der Waals surface area (Å²) in [6.07, 6.45) is 11.2. The van der Waals surface area contributed by atoms with Gasteiger partial charge in [-0.2, -0.15) is 13.2 Å². The Labute approximate surface area is 182 Å². The fourth-order valence-electron chi connectivity index (χ4n) is 4.96. The summed E-state index contributed by atoms with van der Waals surface area (Å²) >= 11 is 0. The van der Waals surface area contributed by atoms with Crippen LogP contribution >= 0.6 is 0 Å². The highest BCUT2D eigenvalue weighted by Crippen LogP contribution is 2.37. The molecule has 2 saturated carbocycles. The SMILES string of the molecule is CC1CCC(CCC=CC2CCC(c3cc(F)c(C#CC(F)(F)F)c(F)c3)CC2)CC1. The van der Waals surface area contributed by atoms with Gasteiger partial charge in [-0.1, -0.05) is 50.7 Å². The van der Waals surface area contributed by atoms with E-state index in [1.807, 2.05) is 0 Å². The smallest absolute Gasteiger partial charge is 0.206 e. The first-order chi connectivity index (χ1) is 14.7. The van der Waals surface area contributed by atoms with Gasteiger partial charge in [-0.15, -0.1) is 0 Å². The Kier molecular flexibility index (Phi) is 8.19. The molecule has 0 aromatic heterocycles. The van der Waals surface area contributed by atoms with E-state index in [0.717, 1.165) is 62.0 Å². The van der Waals surface area contributed by atoms with Crippen molar-refractivity contribution in [2.75, 3.05) is 0 Å². The van der Waals surface area contributed by atoms with Crippen molar-refractivity contribution in [1.82, 2.24) is 0 Å². The maximum Gasteiger partial charge on any atom is 0.458 e. The van der Waals surface area contributed by atoms with Gasteiger partial charge in [0.25, 0.3) is 0 Å². The number of hydrogen-bond acceptors (Lipinski definition) is 0. The lowest BCUT2D eigenvalue weighted by Crippen LogP contribution is -2.13. The van der Waals surface area contributed by atoms with Crippen LogP contribution in [0.25, 0.3) is 0 Å². The average molecular weight is 439 g/mol. The maximum absolute atomic E-state index is 14.2. The monoisotopic (exact) mass is 438 g/mol. The molecule has 0 amide bonds. The Hall–Kier alpha value is -1.83. The number of hydrogen-bond donors (Lipinski definition) is 0. The van der Waals surface area contributed by atoms with Gasteiger partial charge in [-0.25, -0.2) is 8.78 Å². The summed E-state index contributed by atoms with van der Waals surface area (Å²) in [5.74, 6) is 2.74. The van der Waals surface area contributed by atoms with Crippen molar-refractivity contribution in [1.29, 1.82) is 0 Å². The molecule has 0 spiro atoms. The molecular formula is C26H31F5. The van der Waals surface area contributed by atoms with Crippen molar-refractivity contribution in [2.45, 2.75) is 83.2 Å². The first-order valence-corrected chi connectivity index (χ1v) is 11.5. The molecule has 31 heavy (non-hydrogen) atoms. The van der Waals surface area contributed by atoms with Gasteiger partial charge in [0, 0.05) is 5.92 Å². The topological polar surface area (TPSA) is 0 Å². The van der Waals surface area contributed by atoms with Crippen LogP contribution in [0, 0.1) is 41.2 Å². The van der Waals surface area contributed by atoms with Gasteiger partial charge in [0.2, 0.25) is 0 Å². The summed E-state index contributed by atoms with van der Waals surface area (Å²) in [6.45, 7) is 2.34. The molecule has 0 nitrogen and oxygen atoms in total. The summed E-state index contributed by atoms with van der Waals surface area (Å²) in [5, 5.41) is 0. The minimum absolute atomic E-state index is 0.0301. The standard InChI is InChI=1S/C26H31F5/c1-18-6-8-19(9-7-18)4-2-3-5-20-10-12-21(13-11-20)22-16-24(27)23(25(28)17-22)14-15-26(29,30)31/h3,5,16-21H,2,4,6-13H2,1H3. The molecule has 0 atom stereocenters. The van der Waals surface area contributed by atoms with Crippen LogP contribution in [0.15, 0.2) is 24.3 Å². The van der Waals surface area contributed by atoms with Gasteiger partial charge in [0.05, 0.1) is 5.56 Å². The van der Waals surface area contributed by atoms with Crippen molar-refractivity contribution in [3.05, 3.63) is 47.0 Å². The zero-order valence-corrected chi connectivity index (χ0v) is 18.1. The van der Waals surface area contributed by atoms with Crippen LogP contribution in [-0.2, 0) is 0 Å². The van der Waals surface area contributed by atoms with Crippen molar-refractivity contribution in [2.24, 2.45) is 17.8 Å². The molecule has 0 bridgehead atoms. The van der Waals surface area contributed by atoms with Gasteiger partial charge < -0.3 is 0 Å². The minimum atomic E-state index is -4.78. The summed E-state index contributed by atoms with van der Waals surface area (Å²) in [4.78, 5) is 0. The molecule has 1 aromatic carbocycles. The summed E-state index contributed by atoms with van der Waals surface area (Å²) in [5.41, 5.74) is -0.299. The molecule has 0 aliphatic heterocycles. The molecule has 1 aromatic rings. The molecular weight excluding hydrogens is 407 g/mol. The van der Waals surface area contributed by atoms with Crippen LogP contribution in [0.2, 0.25) is 0 Å². The van der Waals surface area contributed by atoms with E-state index in [-0.39, 0.29) is 5.92 Å². The molecule has 0 heterocycles. The molecule has 170 valence electrons. The summed E-state index contributed by atoms with van der Waals surface area (Å²) < 4.78 is 65.0. The third-order valence-electron chi connectivity index (χ3n) is 6.92. The fraction of sp³-hybridized carbons (Fsp3) is 0.615. The van der Waals surface area contributed by atoms with Gasteiger partial charge in [-0.3, -0.25) is 0 Å². The highest BCUT2D eigenvalue weighted by atomic mass is 19.4. The normalized spacial score (nSPS) is 27.2. The number of allylic oxidation sites excluding steroid dienone is 2. The quantitative estimate of drug-likeness (QED) is 0.246. The minimum Gasteiger partial charge on any atom is -0.206 e. The van der Waals surface area contributed by atoms with E-state index < -0.39 is 23.4 Å². The van der Waals surface area contributed by atoms with Gasteiger partial charge in [0.15, 0.2) is 0 Å². The zero-order chi connectivity index (χ0) is 22.4. The zero-order valence-electron chi connectivity index (χ0n) is 18.1. The van der Waals surface area contributed by atoms with Crippen LogP contribution in [0.1, 0.15) is 88.2 Å². The van der Waals surface area contributed by atoms with Crippen molar-refractivity contribution >= 4 is 0 Å². The third kappa shape index (κ3) is 7.37. The number of benzene rings is 1. The Morgan fingerprint density at radius 1 is 0.935 bits per heavy atom. The molecule has 0 unspecified atom stereocenters. The van der Waals surface area contributed by atoms with E-state index in [0.29, 0.717) is 11.5 Å². The largest absolute Gasteiger partial charge is 0.458 e. The molecule has 2 aliphatic rings. The van der Waals surface area contributed by atoms with Crippen LogP contribution in [0.4, 0.5) is 22.0 Å². The Bertz CT molecular complexity index is 787. The van der Waals surface area contributed by atoms with Crippen molar-refractivity contribution in [3.63, 3.8) is 0 Å². The van der Waals surface area contributed by atoms with Crippen LogP contribution < -0.4 is 0 Å². The van der Waals surface area contributed by atoms with Crippen LogP contribution in [0.3, 0.4) is 0 Å². The van der Waals surface area contributed by atoms with Gasteiger partial charge >= 0.3 is 6.18 Å². The Morgan fingerprint density at radius 2 is 1.55 bits per heavy atom. The van der Waals surface area contributed by atoms with E-state index in [9.17, 15) is 22.0 Å². The molecule has 0 radical (unpaired) electrons. The second kappa shape index (κ2) is 10.7. The Morgan fingerprint density at radius 3 is 2.13 bits per heavy atom. The van der Waals surface area contributed by atoms with E-state index in [4.69, 9.17) is 0 Å². The molecule has 0 N–H and O–H groups in total. The predicted molar refractivity (Wildman–Crippen MR) is 113 cm³/mol. The predicted octanol–water partition coefficient (Wildman–Crippen LogP) is 8.32.